The number of nitrogens with one attached hydrogen (secondary N) is 1. The van der Waals surface area contributed by atoms with E-state index >= 15 is 0 Å². The van der Waals surface area contributed by atoms with Crippen LogP contribution in [0.3, 0.4) is 0 Å². The van der Waals surface area contributed by atoms with Crippen LogP contribution >= 0.6 is 0 Å². The normalized spacial score (nSPS) is 22.3. The number of carbonyl (C=O) groups excluding carboxylic acids is 1. The van der Waals surface area contributed by atoms with E-state index in [9.17, 15) is 9.59 Å². The SMILES string of the molecule is Cn1nc(C(C)(C)C)cc1C(=O)N[C@@H]1CC[C@H](C(=O)O)C1. The fraction of sp³-hybridized carbons (Fsp3) is 0.667. The van der Waals surface area contributed by atoms with Gasteiger partial charge in [-0.3, -0.25) is 14.3 Å². The Morgan fingerprint density at radius 2 is 2.05 bits per heavy atom. The molecule has 2 atom stereocenters. The van der Waals surface area contributed by atoms with Crippen LogP contribution in [-0.2, 0) is 17.3 Å². The van der Waals surface area contributed by atoms with Crippen molar-refractivity contribution < 1.29 is 14.7 Å². The summed E-state index contributed by atoms with van der Waals surface area (Å²) in [7, 11) is 1.75. The molecule has 6 nitrogen and oxygen atoms in total. The minimum Gasteiger partial charge on any atom is -0.481 e. The second kappa shape index (κ2) is 5.50. The number of carbonyl (C=O) groups is 2. The molecule has 0 aromatic carbocycles. The summed E-state index contributed by atoms with van der Waals surface area (Å²) in [5.41, 5.74) is 1.27. The first-order valence-corrected chi connectivity index (χ1v) is 7.26. The average molecular weight is 293 g/mol. The number of carboxylic acid groups (broad SMARTS) is 1. The molecule has 1 heterocycles. The summed E-state index contributed by atoms with van der Waals surface area (Å²) in [5.74, 6) is -1.30. The average Bonchev–Trinajstić information content (AvgIpc) is 2.94. The van der Waals surface area contributed by atoms with Crippen molar-refractivity contribution in [1.82, 2.24) is 15.1 Å². The Morgan fingerprint density at radius 3 is 2.52 bits per heavy atom. The molecule has 1 aliphatic carbocycles. The molecule has 1 saturated carbocycles. The van der Waals surface area contributed by atoms with Gasteiger partial charge < -0.3 is 10.4 Å². The lowest BCUT2D eigenvalue weighted by Gasteiger charge is -2.13. The highest BCUT2D eigenvalue weighted by molar-refractivity contribution is 5.93. The van der Waals surface area contributed by atoms with Crippen LogP contribution in [0.4, 0.5) is 0 Å². The molecule has 2 rings (SSSR count). The van der Waals surface area contributed by atoms with Gasteiger partial charge in [-0.2, -0.15) is 5.10 Å². The van der Waals surface area contributed by atoms with Crippen molar-refractivity contribution in [2.24, 2.45) is 13.0 Å². The Morgan fingerprint density at radius 1 is 1.38 bits per heavy atom. The molecule has 0 bridgehead atoms. The Balaban J connectivity index is 2.05. The molecule has 0 radical (unpaired) electrons. The zero-order valence-electron chi connectivity index (χ0n) is 13.0. The van der Waals surface area contributed by atoms with Gasteiger partial charge >= 0.3 is 5.97 Å². The van der Waals surface area contributed by atoms with Crippen LogP contribution < -0.4 is 5.32 Å². The number of hydrogen-bond donors (Lipinski definition) is 2. The molecule has 0 unspecified atom stereocenters. The van der Waals surface area contributed by atoms with Gasteiger partial charge in [-0.25, -0.2) is 0 Å². The second-order valence-corrected chi connectivity index (χ2v) is 6.81. The molecule has 21 heavy (non-hydrogen) atoms. The molecular weight excluding hydrogens is 270 g/mol. The third-order valence-electron chi connectivity index (χ3n) is 4.00. The van der Waals surface area contributed by atoms with E-state index in [1.165, 1.54) is 0 Å². The van der Waals surface area contributed by atoms with E-state index in [0.29, 0.717) is 25.0 Å². The molecule has 116 valence electrons. The van der Waals surface area contributed by atoms with Gasteiger partial charge in [0.15, 0.2) is 0 Å². The first kappa shape index (κ1) is 15.5. The Hall–Kier alpha value is -1.85. The fourth-order valence-corrected chi connectivity index (χ4v) is 2.64. The minimum absolute atomic E-state index is 0.0633. The summed E-state index contributed by atoms with van der Waals surface area (Å²) in [6, 6.07) is 1.74. The molecule has 0 saturated heterocycles. The number of aliphatic carboxylic acids is 1. The van der Waals surface area contributed by atoms with E-state index in [-0.39, 0.29) is 23.3 Å². The van der Waals surface area contributed by atoms with Gasteiger partial charge in [0.05, 0.1) is 11.6 Å². The van der Waals surface area contributed by atoms with Crippen LogP contribution in [0.1, 0.15) is 56.2 Å². The quantitative estimate of drug-likeness (QED) is 0.888. The summed E-state index contributed by atoms with van der Waals surface area (Å²) in [6.45, 7) is 6.14. The van der Waals surface area contributed by atoms with Gasteiger partial charge in [0, 0.05) is 18.5 Å². The molecule has 0 spiro atoms. The molecule has 1 aromatic heterocycles. The fourth-order valence-electron chi connectivity index (χ4n) is 2.64. The van der Waals surface area contributed by atoms with E-state index in [4.69, 9.17) is 5.11 Å². The molecule has 1 fully saturated rings. The predicted molar refractivity (Wildman–Crippen MR) is 78.1 cm³/mol. The lowest BCUT2D eigenvalue weighted by molar-refractivity contribution is -0.141. The van der Waals surface area contributed by atoms with Crippen LogP contribution in [0.25, 0.3) is 0 Å². The van der Waals surface area contributed by atoms with Gasteiger partial charge in [0.1, 0.15) is 5.69 Å². The molecule has 1 aromatic rings. The van der Waals surface area contributed by atoms with Gasteiger partial charge in [-0.1, -0.05) is 20.8 Å². The Labute approximate surface area is 124 Å². The number of amides is 1. The van der Waals surface area contributed by atoms with E-state index in [1.807, 2.05) is 20.8 Å². The lowest BCUT2D eigenvalue weighted by atomic mass is 9.92. The summed E-state index contributed by atoms with van der Waals surface area (Å²) in [4.78, 5) is 23.3. The molecule has 6 heteroatoms. The Kier molecular flexibility index (Phi) is 4.07. The van der Waals surface area contributed by atoms with Crippen molar-refractivity contribution in [3.8, 4) is 0 Å². The number of aromatic nitrogens is 2. The van der Waals surface area contributed by atoms with E-state index < -0.39 is 5.97 Å². The van der Waals surface area contributed by atoms with E-state index in [2.05, 4.69) is 10.4 Å². The van der Waals surface area contributed by atoms with Crippen LogP contribution in [0.5, 0.6) is 0 Å². The second-order valence-electron chi connectivity index (χ2n) is 6.81. The van der Waals surface area contributed by atoms with Crippen LogP contribution in [0, 0.1) is 5.92 Å². The summed E-state index contributed by atoms with van der Waals surface area (Å²) in [6.07, 6.45) is 1.84. The molecule has 1 amide bonds. The highest BCUT2D eigenvalue weighted by Crippen LogP contribution is 2.26. The topological polar surface area (TPSA) is 84.2 Å². The van der Waals surface area contributed by atoms with E-state index in [0.717, 1.165) is 5.69 Å². The van der Waals surface area contributed by atoms with Crippen LogP contribution in [-0.4, -0.2) is 32.8 Å². The molecule has 2 N–H and O–H groups in total. The largest absolute Gasteiger partial charge is 0.481 e. The number of nitrogens with zero attached hydrogens (tertiary/aromatic N) is 2. The van der Waals surface area contributed by atoms with Crippen LogP contribution in [0.15, 0.2) is 6.07 Å². The summed E-state index contributed by atoms with van der Waals surface area (Å²) in [5, 5.41) is 16.3. The van der Waals surface area contributed by atoms with Gasteiger partial charge in [-0.15, -0.1) is 0 Å². The Bertz CT molecular complexity index is 557. The summed E-state index contributed by atoms with van der Waals surface area (Å²) < 4.78 is 1.58. The standard InChI is InChI=1S/C15H23N3O3/c1-15(2,3)12-8-11(18(4)17-12)13(19)16-10-6-5-9(7-10)14(20)21/h8-10H,5-7H2,1-4H3,(H,16,19)(H,20,21)/t9-,10+/m0/s1. The zero-order chi connectivity index (χ0) is 15.8. The smallest absolute Gasteiger partial charge is 0.306 e. The van der Waals surface area contributed by atoms with Crippen molar-refractivity contribution >= 4 is 11.9 Å². The highest BCUT2D eigenvalue weighted by atomic mass is 16.4. The molecular formula is C15H23N3O3. The molecule has 0 aliphatic heterocycles. The zero-order valence-corrected chi connectivity index (χ0v) is 13.0. The van der Waals surface area contributed by atoms with Crippen LogP contribution in [0.2, 0.25) is 0 Å². The monoisotopic (exact) mass is 293 g/mol. The van der Waals surface area contributed by atoms with Crippen molar-refractivity contribution in [1.29, 1.82) is 0 Å². The lowest BCUT2D eigenvalue weighted by Crippen LogP contribution is -2.34. The van der Waals surface area contributed by atoms with Gasteiger partial charge in [-0.05, 0) is 25.3 Å². The molecule has 1 aliphatic rings. The van der Waals surface area contributed by atoms with E-state index in [1.54, 1.807) is 17.8 Å². The van der Waals surface area contributed by atoms with Crippen molar-refractivity contribution in [2.75, 3.05) is 0 Å². The number of rotatable bonds is 3. The predicted octanol–water partition coefficient (Wildman–Crippen LogP) is 1.70. The first-order valence-electron chi connectivity index (χ1n) is 7.26. The third-order valence-corrected chi connectivity index (χ3v) is 4.00. The maximum Gasteiger partial charge on any atom is 0.306 e. The van der Waals surface area contributed by atoms with Crippen molar-refractivity contribution in [3.05, 3.63) is 17.5 Å². The maximum absolute atomic E-state index is 12.3. The summed E-state index contributed by atoms with van der Waals surface area (Å²) >= 11 is 0. The van der Waals surface area contributed by atoms with Gasteiger partial charge in [0.2, 0.25) is 0 Å². The number of carboxylic acids is 1. The number of hydrogen-bond acceptors (Lipinski definition) is 3. The minimum atomic E-state index is -0.776. The van der Waals surface area contributed by atoms with Gasteiger partial charge in [0.25, 0.3) is 5.91 Å². The van der Waals surface area contributed by atoms with Crippen molar-refractivity contribution in [3.63, 3.8) is 0 Å². The highest BCUT2D eigenvalue weighted by Gasteiger charge is 2.31. The third kappa shape index (κ3) is 3.43. The maximum atomic E-state index is 12.3. The first-order chi connectivity index (χ1) is 9.68. The van der Waals surface area contributed by atoms with Crippen molar-refractivity contribution in [2.45, 2.75) is 51.5 Å². The number of aryl methyl sites for hydroxylation is 1.